The molecular formula is C19H16Cl2N2O3S. The molecule has 0 spiro atoms. The molecule has 140 valence electrons. The molecule has 0 radical (unpaired) electrons. The first-order valence-electron chi connectivity index (χ1n) is 8.10. The number of benzene rings is 2. The van der Waals surface area contributed by atoms with Gasteiger partial charge in [-0.25, -0.2) is 0 Å². The van der Waals surface area contributed by atoms with E-state index in [2.05, 4.69) is 5.32 Å². The Balaban J connectivity index is 1.83. The molecule has 1 aliphatic heterocycles. The van der Waals surface area contributed by atoms with Crippen LogP contribution >= 0.6 is 35.0 Å². The number of amides is 1. The molecule has 2 aromatic rings. The van der Waals surface area contributed by atoms with Crippen LogP contribution in [0, 0.1) is 5.41 Å². The van der Waals surface area contributed by atoms with E-state index in [4.69, 9.17) is 38.1 Å². The van der Waals surface area contributed by atoms with Gasteiger partial charge in [-0.15, -0.1) is 0 Å². The number of amidine groups is 1. The van der Waals surface area contributed by atoms with Crippen molar-refractivity contribution in [2.45, 2.75) is 13.5 Å². The Morgan fingerprint density at radius 2 is 1.89 bits per heavy atom. The maximum absolute atomic E-state index is 11.8. The average molecular weight is 423 g/mol. The molecule has 0 saturated carbocycles. The lowest BCUT2D eigenvalue weighted by atomic mass is 10.2. The highest BCUT2D eigenvalue weighted by Gasteiger charge is 2.22. The Kier molecular flexibility index (Phi) is 6.31. The summed E-state index contributed by atoms with van der Waals surface area (Å²) in [5, 5.41) is 11.1. The van der Waals surface area contributed by atoms with E-state index in [1.165, 1.54) is 0 Å². The van der Waals surface area contributed by atoms with Crippen molar-refractivity contribution in [2.24, 2.45) is 0 Å². The Bertz CT molecular complexity index is 911. The lowest BCUT2D eigenvalue weighted by Gasteiger charge is -2.14. The van der Waals surface area contributed by atoms with E-state index < -0.39 is 0 Å². The molecule has 0 aliphatic carbocycles. The Morgan fingerprint density at radius 1 is 1.15 bits per heavy atom. The monoisotopic (exact) mass is 422 g/mol. The average Bonchev–Trinajstić information content (AvgIpc) is 2.93. The van der Waals surface area contributed by atoms with E-state index in [1.54, 1.807) is 36.4 Å². The Labute approximate surface area is 171 Å². The molecule has 1 saturated heterocycles. The third-order valence-corrected chi connectivity index (χ3v) is 5.20. The molecule has 2 N–H and O–H groups in total. The van der Waals surface area contributed by atoms with Gasteiger partial charge in [0.15, 0.2) is 16.7 Å². The zero-order valence-electron chi connectivity index (χ0n) is 14.3. The molecule has 3 rings (SSSR count). The highest BCUT2D eigenvalue weighted by Crippen LogP contribution is 2.33. The van der Waals surface area contributed by atoms with Crippen molar-refractivity contribution < 1.29 is 14.3 Å². The Hall–Kier alpha value is -2.15. The van der Waals surface area contributed by atoms with Crippen molar-refractivity contribution >= 4 is 52.1 Å². The highest BCUT2D eigenvalue weighted by atomic mass is 35.5. The quantitative estimate of drug-likeness (QED) is 0.634. The highest BCUT2D eigenvalue weighted by molar-refractivity contribution is 8.18. The van der Waals surface area contributed by atoms with Gasteiger partial charge < -0.3 is 14.8 Å². The van der Waals surface area contributed by atoms with E-state index in [-0.39, 0.29) is 17.7 Å². The molecule has 2 aromatic carbocycles. The minimum Gasteiger partial charge on any atom is -0.490 e. The lowest BCUT2D eigenvalue weighted by molar-refractivity contribution is -0.115. The standard InChI is InChI=1S/C19H16Cl2N2O3S/c1-2-25-16-8-11(9-17-18(24)23-19(22)27-17)6-7-15(16)26-10-12-13(20)4-3-5-14(12)21/h3-9H,2,10H2,1H3,(H2,22,23,24). The molecule has 1 heterocycles. The summed E-state index contributed by atoms with van der Waals surface area (Å²) in [6, 6.07) is 10.7. The van der Waals surface area contributed by atoms with Crippen LogP contribution in [0.15, 0.2) is 41.3 Å². The lowest BCUT2D eigenvalue weighted by Crippen LogP contribution is -2.18. The molecule has 0 bridgehead atoms. The van der Waals surface area contributed by atoms with E-state index >= 15 is 0 Å². The number of hydrogen-bond acceptors (Lipinski definition) is 5. The van der Waals surface area contributed by atoms with Crippen molar-refractivity contribution in [1.82, 2.24) is 5.32 Å². The van der Waals surface area contributed by atoms with Crippen LogP contribution in [-0.4, -0.2) is 17.7 Å². The molecule has 1 amide bonds. The van der Waals surface area contributed by atoms with Crippen LogP contribution in [-0.2, 0) is 11.4 Å². The van der Waals surface area contributed by atoms with E-state index in [9.17, 15) is 4.79 Å². The number of nitrogens with one attached hydrogen (secondary N) is 2. The number of carbonyl (C=O) groups excluding carboxylic acids is 1. The van der Waals surface area contributed by atoms with Gasteiger partial charge in [-0.1, -0.05) is 35.3 Å². The summed E-state index contributed by atoms with van der Waals surface area (Å²) in [5.41, 5.74) is 1.47. The van der Waals surface area contributed by atoms with Crippen LogP contribution in [0.3, 0.4) is 0 Å². The van der Waals surface area contributed by atoms with Crippen LogP contribution in [0.25, 0.3) is 6.08 Å². The molecule has 0 atom stereocenters. The van der Waals surface area contributed by atoms with Crippen molar-refractivity contribution in [2.75, 3.05) is 6.61 Å². The fraction of sp³-hybridized carbons (Fsp3) is 0.158. The second-order valence-corrected chi connectivity index (χ2v) is 7.39. The van der Waals surface area contributed by atoms with E-state index in [0.29, 0.717) is 38.6 Å². The number of rotatable bonds is 6. The maximum Gasteiger partial charge on any atom is 0.264 e. The van der Waals surface area contributed by atoms with Gasteiger partial charge in [0, 0.05) is 15.6 Å². The first-order valence-corrected chi connectivity index (χ1v) is 9.67. The summed E-state index contributed by atoms with van der Waals surface area (Å²) in [6.07, 6.45) is 1.71. The van der Waals surface area contributed by atoms with Crippen molar-refractivity contribution in [3.05, 3.63) is 62.5 Å². The zero-order chi connectivity index (χ0) is 19.4. The zero-order valence-corrected chi connectivity index (χ0v) is 16.7. The first kappa shape index (κ1) is 19.6. The van der Waals surface area contributed by atoms with E-state index in [1.807, 2.05) is 13.0 Å². The first-order chi connectivity index (χ1) is 13.0. The number of hydrogen-bond donors (Lipinski definition) is 2. The summed E-state index contributed by atoms with van der Waals surface area (Å²) in [4.78, 5) is 12.2. The summed E-state index contributed by atoms with van der Waals surface area (Å²) < 4.78 is 11.5. The summed E-state index contributed by atoms with van der Waals surface area (Å²) in [6.45, 7) is 2.54. The summed E-state index contributed by atoms with van der Waals surface area (Å²) in [7, 11) is 0. The molecule has 8 heteroatoms. The third kappa shape index (κ3) is 4.77. The molecule has 0 unspecified atom stereocenters. The van der Waals surface area contributed by atoms with Gasteiger partial charge in [-0.05, 0) is 54.6 Å². The normalized spacial score (nSPS) is 15.1. The van der Waals surface area contributed by atoms with Gasteiger partial charge in [0.2, 0.25) is 0 Å². The number of carbonyl (C=O) groups is 1. The largest absolute Gasteiger partial charge is 0.490 e. The second kappa shape index (κ2) is 8.69. The van der Waals surface area contributed by atoms with Crippen LogP contribution < -0.4 is 14.8 Å². The topological polar surface area (TPSA) is 71.4 Å². The van der Waals surface area contributed by atoms with Gasteiger partial charge in [-0.2, -0.15) is 0 Å². The minimum atomic E-state index is -0.281. The molecule has 1 fully saturated rings. The van der Waals surface area contributed by atoms with Gasteiger partial charge in [0.1, 0.15) is 6.61 Å². The fourth-order valence-corrected chi connectivity index (χ4v) is 3.62. The fourth-order valence-electron chi connectivity index (χ4n) is 2.42. The number of thioether (sulfide) groups is 1. The molecule has 0 aromatic heterocycles. The molecule has 5 nitrogen and oxygen atoms in total. The van der Waals surface area contributed by atoms with Crippen molar-refractivity contribution in [1.29, 1.82) is 5.41 Å². The van der Waals surface area contributed by atoms with Gasteiger partial charge in [0.25, 0.3) is 5.91 Å². The van der Waals surface area contributed by atoms with Crippen LogP contribution in [0.4, 0.5) is 0 Å². The summed E-state index contributed by atoms with van der Waals surface area (Å²) in [5.74, 6) is 0.816. The van der Waals surface area contributed by atoms with Gasteiger partial charge in [-0.3, -0.25) is 10.2 Å². The van der Waals surface area contributed by atoms with Crippen LogP contribution in [0.5, 0.6) is 11.5 Å². The van der Waals surface area contributed by atoms with Crippen LogP contribution in [0.1, 0.15) is 18.1 Å². The molecular weight excluding hydrogens is 407 g/mol. The van der Waals surface area contributed by atoms with Gasteiger partial charge >= 0.3 is 0 Å². The smallest absolute Gasteiger partial charge is 0.264 e. The minimum absolute atomic E-state index is 0.118. The molecule has 27 heavy (non-hydrogen) atoms. The SMILES string of the molecule is CCOc1cc(C=C2SC(=N)NC2=O)ccc1OCc1c(Cl)cccc1Cl. The van der Waals surface area contributed by atoms with Crippen molar-refractivity contribution in [3.8, 4) is 11.5 Å². The van der Waals surface area contributed by atoms with Gasteiger partial charge in [0.05, 0.1) is 11.5 Å². The van der Waals surface area contributed by atoms with E-state index in [0.717, 1.165) is 17.3 Å². The van der Waals surface area contributed by atoms with Crippen molar-refractivity contribution in [3.63, 3.8) is 0 Å². The summed E-state index contributed by atoms with van der Waals surface area (Å²) >= 11 is 13.4. The predicted octanol–water partition coefficient (Wildman–Crippen LogP) is 5.11. The number of ether oxygens (including phenoxy) is 2. The third-order valence-electron chi connectivity index (χ3n) is 3.66. The Morgan fingerprint density at radius 3 is 2.52 bits per heavy atom. The second-order valence-electron chi connectivity index (χ2n) is 5.52. The maximum atomic E-state index is 11.8. The molecule has 1 aliphatic rings. The number of halogens is 2. The predicted molar refractivity (Wildman–Crippen MR) is 110 cm³/mol. The van der Waals surface area contributed by atoms with Crippen LogP contribution in [0.2, 0.25) is 10.0 Å².